The molecule has 1 aliphatic heterocycles. The van der Waals surface area contributed by atoms with Crippen LogP contribution < -0.4 is 10.2 Å². The second kappa shape index (κ2) is 8.61. The summed E-state index contributed by atoms with van der Waals surface area (Å²) in [5, 5.41) is 17.4. The highest BCUT2D eigenvalue weighted by Crippen LogP contribution is 2.26. The molecular weight excluding hydrogens is 414 g/mol. The molecule has 1 fully saturated rings. The number of hydrogen-bond donors (Lipinski definition) is 1. The van der Waals surface area contributed by atoms with Crippen molar-refractivity contribution in [1.29, 1.82) is 0 Å². The molecule has 1 saturated heterocycles. The first-order valence-corrected chi connectivity index (χ1v) is 11.3. The van der Waals surface area contributed by atoms with E-state index in [2.05, 4.69) is 30.5 Å². The van der Waals surface area contributed by atoms with Crippen molar-refractivity contribution in [2.75, 3.05) is 23.3 Å². The fourth-order valence-electron chi connectivity index (χ4n) is 4.48. The van der Waals surface area contributed by atoms with E-state index in [1.54, 1.807) is 4.68 Å². The molecule has 168 valence electrons. The lowest BCUT2D eigenvalue weighted by atomic mass is 9.95. The SMILES string of the molecule is Cc1cc(NC(=O)C2CCN(c3ccc(-n4nc(C)cc4C)nn3)CC2)c2ccccc2n1. The lowest BCUT2D eigenvalue weighted by Gasteiger charge is -2.31. The van der Waals surface area contributed by atoms with E-state index in [0.29, 0.717) is 5.82 Å². The third kappa shape index (κ3) is 4.28. The van der Waals surface area contributed by atoms with Crippen molar-refractivity contribution >= 4 is 28.3 Å². The molecule has 8 nitrogen and oxygen atoms in total. The van der Waals surface area contributed by atoms with Crippen molar-refractivity contribution in [3.8, 4) is 5.82 Å². The molecule has 33 heavy (non-hydrogen) atoms. The fourth-order valence-corrected chi connectivity index (χ4v) is 4.48. The van der Waals surface area contributed by atoms with Crippen LogP contribution >= 0.6 is 0 Å². The van der Waals surface area contributed by atoms with Gasteiger partial charge in [0.15, 0.2) is 11.6 Å². The molecule has 0 aliphatic carbocycles. The number of nitrogens with zero attached hydrogens (tertiary/aromatic N) is 6. The normalized spacial score (nSPS) is 14.6. The van der Waals surface area contributed by atoms with Crippen LogP contribution in [0, 0.1) is 26.7 Å². The third-order valence-electron chi connectivity index (χ3n) is 6.15. The summed E-state index contributed by atoms with van der Waals surface area (Å²) in [6.45, 7) is 7.44. The number of hydrogen-bond acceptors (Lipinski definition) is 6. The van der Waals surface area contributed by atoms with Gasteiger partial charge in [-0.05, 0) is 63.9 Å². The molecule has 4 heterocycles. The van der Waals surface area contributed by atoms with Crippen molar-refractivity contribution in [3.05, 3.63) is 65.6 Å². The third-order valence-corrected chi connectivity index (χ3v) is 6.15. The molecule has 8 heteroatoms. The Morgan fingerprint density at radius 1 is 0.939 bits per heavy atom. The Kier molecular flexibility index (Phi) is 5.50. The van der Waals surface area contributed by atoms with Gasteiger partial charge in [-0.1, -0.05) is 18.2 Å². The number of fused-ring (bicyclic) bond motifs is 1. The molecular formula is C25H27N7O. The molecule has 5 rings (SSSR count). The van der Waals surface area contributed by atoms with Gasteiger partial charge in [0.1, 0.15) is 0 Å². The second-order valence-corrected chi connectivity index (χ2v) is 8.67. The first kappa shape index (κ1) is 21.1. The van der Waals surface area contributed by atoms with Crippen LogP contribution in [0.15, 0.2) is 48.5 Å². The highest BCUT2D eigenvalue weighted by molar-refractivity contribution is 6.01. The molecule has 1 aromatic carbocycles. The van der Waals surface area contributed by atoms with Crippen molar-refractivity contribution < 1.29 is 4.79 Å². The summed E-state index contributed by atoms with van der Waals surface area (Å²) in [7, 11) is 0. The van der Waals surface area contributed by atoms with E-state index in [1.165, 1.54) is 0 Å². The number of rotatable bonds is 4. The number of anilines is 2. The molecule has 0 bridgehead atoms. The molecule has 0 unspecified atom stereocenters. The Morgan fingerprint density at radius 2 is 1.67 bits per heavy atom. The molecule has 3 aromatic heterocycles. The average Bonchev–Trinajstić information content (AvgIpc) is 3.17. The van der Waals surface area contributed by atoms with Crippen LogP contribution in [0.1, 0.15) is 29.9 Å². The molecule has 1 N–H and O–H groups in total. The molecule has 0 spiro atoms. The van der Waals surface area contributed by atoms with Gasteiger partial charge in [-0.15, -0.1) is 10.2 Å². The van der Waals surface area contributed by atoms with Crippen molar-refractivity contribution in [2.24, 2.45) is 5.92 Å². The minimum absolute atomic E-state index is 0.0320. The van der Waals surface area contributed by atoms with Gasteiger partial charge in [0.25, 0.3) is 0 Å². The maximum atomic E-state index is 13.0. The zero-order valence-electron chi connectivity index (χ0n) is 19.1. The summed E-state index contributed by atoms with van der Waals surface area (Å²) in [6, 6.07) is 15.8. The summed E-state index contributed by atoms with van der Waals surface area (Å²) in [6.07, 6.45) is 1.55. The quantitative estimate of drug-likeness (QED) is 0.515. The van der Waals surface area contributed by atoms with Crippen molar-refractivity contribution in [1.82, 2.24) is 25.0 Å². The van der Waals surface area contributed by atoms with E-state index < -0.39 is 0 Å². The number of carbonyl (C=O) groups excluding carboxylic acids is 1. The molecule has 0 radical (unpaired) electrons. The minimum atomic E-state index is -0.0320. The van der Waals surface area contributed by atoms with Crippen LogP contribution in [0.5, 0.6) is 0 Å². The highest BCUT2D eigenvalue weighted by Gasteiger charge is 2.26. The number of para-hydroxylation sites is 1. The van der Waals surface area contributed by atoms with Gasteiger partial charge in [-0.25, -0.2) is 4.68 Å². The van der Waals surface area contributed by atoms with E-state index in [0.717, 1.165) is 65.4 Å². The standard InChI is InChI=1S/C25H27N7O/c1-16-15-22(20-6-4-5-7-21(20)26-16)27-25(33)19-10-12-31(13-11-19)23-8-9-24(29-28-23)32-18(3)14-17(2)30-32/h4-9,14-15,19H,10-13H2,1-3H3,(H,26,27,33). The van der Waals surface area contributed by atoms with Gasteiger partial charge in [-0.2, -0.15) is 5.10 Å². The van der Waals surface area contributed by atoms with Crippen LogP contribution in [0.25, 0.3) is 16.7 Å². The zero-order valence-corrected chi connectivity index (χ0v) is 19.1. The Hall–Kier alpha value is -3.81. The number of aromatic nitrogens is 5. The number of aryl methyl sites for hydroxylation is 3. The second-order valence-electron chi connectivity index (χ2n) is 8.67. The molecule has 0 saturated carbocycles. The molecule has 1 aliphatic rings. The largest absolute Gasteiger partial charge is 0.355 e. The van der Waals surface area contributed by atoms with E-state index in [-0.39, 0.29) is 11.8 Å². The van der Waals surface area contributed by atoms with Gasteiger partial charge in [0, 0.05) is 35.8 Å². The smallest absolute Gasteiger partial charge is 0.227 e. The van der Waals surface area contributed by atoms with Crippen LogP contribution in [0.2, 0.25) is 0 Å². The highest BCUT2D eigenvalue weighted by atomic mass is 16.1. The lowest BCUT2D eigenvalue weighted by molar-refractivity contribution is -0.120. The minimum Gasteiger partial charge on any atom is -0.355 e. The van der Waals surface area contributed by atoms with Gasteiger partial charge < -0.3 is 10.2 Å². The predicted octanol–water partition coefficient (Wildman–Crippen LogP) is 3.99. The van der Waals surface area contributed by atoms with Gasteiger partial charge >= 0.3 is 0 Å². The maximum absolute atomic E-state index is 13.0. The number of pyridine rings is 1. The molecule has 4 aromatic rings. The first-order valence-electron chi connectivity index (χ1n) is 11.3. The lowest BCUT2D eigenvalue weighted by Crippen LogP contribution is -2.38. The zero-order chi connectivity index (χ0) is 22.9. The van der Waals surface area contributed by atoms with Gasteiger partial charge in [-0.3, -0.25) is 9.78 Å². The van der Waals surface area contributed by atoms with Gasteiger partial charge in [0.2, 0.25) is 5.91 Å². The van der Waals surface area contributed by atoms with Gasteiger partial charge in [0.05, 0.1) is 16.9 Å². The number of carbonyl (C=O) groups is 1. The average molecular weight is 442 g/mol. The Bertz CT molecular complexity index is 1300. The number of nitrogens with one attached hydrogen (secondary N) is 1. The van der Waals surface area contributed by atoms with Crippen LogP contribution in [0.4, 0.5) is 11.5 Å². The Labute approximate surface area is 192 Å². The topological polar surface area (TPSA) is 88.8 Å². The van der Waals surface area contributed by atoms with E-state index >= 15 is 0 Å². The Balaban J connectivity index is 1.23. The fraction of sp³-hybridized carbons (Fsp3) is 0.320. The van der Waals surface area contributed by atoms with Crippen molar-refractivity contribution in [3.63, 3.8) is 0 Å². The number of piperidine rings is 1. The van der Waals surface area contributed by atoms with Crippen LogP contribution in [-0.2, 0) is 4.79 Å². The van der Waals surface area contributed by atoms with E-state index in [4.69, 9.17) is 0 Å². The molecule has 0 atom stereocenters. The first-order chi connectivity index (χ1) is 16.0. The summed E-state index contributed by atoms with van der Waals surface area (Å²) in [5.74, 6) is 1.57. The van der Waals surface area contributed by atoms with Crippen LogP contribution in [0.3, 0.4) is 0 Å². The van der Waals surface area contributed by atoms with Crippen molar-refractivity contribution in [2.45, 2.75) is 33.6 Å². The Morgan fingerprint density at radius 3 is 2.36 bits per heavy atom. The van der Waals surface area contributed by atoms with E-state index in [1.807, 2.05) is 69.3 Å². The maximum Gasteiger partial charge on any atom is 0.227 e. The summed E-state index contributed by atoms with van der Waals surface area (Å²) >= 11 is 0. The monoisotopic (exact) mass is 441 g/mol. The number of benzene rings is 1. The molecule has 1 amide bonds. The summed E-state index contributed by atoms with van der Waals surface area (Å²) in [4.78, 5) is 19.8. The number of amides is 1. The summed E-state index contributed by atoms with van der Waals surface area (Å²) < 4.78 is 1.80. The predicted molar refractivity (Wildman–Crippen MR) is 129 cm³/mol. The van der Waals surface area contributed by atoms with Crippen LogP contribution in [-0.4, -0.2) is 44.0 Å². The summed E-state index contributed by atoms with van der Waals surface area (Å²) in [5.41, 5.74) is 4.59. The van der Waals surface area contributed by atoms with E-state index in [9.17, 15) is 4.79 Å².